The van der Waals surface area contributed by atoms with Crippen LogP contribution in [0.1, 0.15) is 62.0 Å². The number of carboxylic acid groups (broad SMARTS) is 1. The molecule has 2 aromatic carbocycles. The Hall–Kier alpha value is -2.25. The first-order valence-corrected chi connectivity index (χ1v) is 11.8. The van der Waals surface area contributed by atoms with Crippen molar-refractivity contribution in [2.75, 3.05) is 20.8 Å². The summed E-state index contributed by atoms with van der Waals surface area (Å²) in [5.74, 6) is 1.26. The van der Waals surface area contributed by atoms with Crippen LogP contribution in [0.4, 0.5) is 4.39 Å². The molecule has 2 aliphatic rings. The van der Waals surface area contributed by atoms with Crippen LogP contribution in [0.2, 0.25) is 0 Å². The highest BCUT2D eigenvalue weighted by Gasteiger charge is 2.39. The van der Waals surface area contributed by atoms with Gasteiger partial charge in [-0.05, 0) is 92.2 Å². The van der Waals surface area contributed by atoms with Gasteiger partial charge in [-0.1, -0.05) is 12.1 Å². The molecule has 34 heavy (non-hydrogen) atoms. The molecule has 2 aromatic rings. The van der Waals surface area contributed by atoms with E-state index in [4.69, 9.17) is 14.2 Å². The molecule has 0 heterocycles. The van der Waals surface area contributed by atoms with Gasteiger partial charge in [0.1, 0.15) is 17.3 Å². The van der Waals surface area contributed by atoms with Crippen LogP contribution in [0.5, 0.6) is 11.5 Å². The third-order valence-electron chi connectivity index (χ3n) is 7.33. The SMILES string of the molecule is COc1ccc(F)c(C2(OC)CCC(COc3cccc([C@@H](CC(=O)O)C4CC4)c3)CC2)c1.S. The predicted octanol–water partition coefficient (Wildman–Crippen LogP) is 6.03. The molecular weight excluding hydrogens is 455 g/mol. The van der Waals surface area contributed by atoms with Crippen molar-refractivity contribution in [3.05, 3.63) is 59.4 Å². The molecule has 2 saturated carbocycles. The highest BCUT2D eigenvalue weighted by molar-refractivity contribution is 7.59. The Morgan fingerprint density at radius 1 is 1.09 bits per heavy atom. The van der Waals surface area contributed by atoms with E-state index in [9.17, 15) is 14.3 Å². The van der Waals surface area contributed by atoms with Crippen LogP contribution in [-0.4, -0.2) is 31.9 Å². The van der Waals surface area contributed by atoms with Gasteiger partial charge in [0.05, 0.1) is 25.7 Å². The largest absolute Gasteiger partial charge is 0.497 e. The second-order valence-corrected chi connectivity index (χ2v) is 9.41. The van der Waals surface area contributed by atoms with E-state index in [0.717, 1.165) is 37.0 Å². The van der Waals surface area contributed by atoms with Gasteiger partial charge in [-0.2, -0.15) is 13.5 Å². The summed E-state index contributed by atoms with van der Waals surface area (Å²) in [5, 5.41) is 9.28. The number of methoxy groups -OCH3 is 2. The first-order valence-electron chi connectivity index (χ1n) is 11.8. The molecule has 1 atom stereocenters. The Kier molecular flexibility index (Phi) is 8.88. The minimum absolute atomic E-state index is 0. The van der Waals surface area contributed by atoms with Crippen molar-refractivity contribution in [2.24, 2.45) is 11.8 Å². The Balaban J connectivity index is 0.00000324. The number of carbonyl (C=O) groups is 1. The monoisotopic (exact) mass is 490 g/mol. The van der Waals surface area contributed by atoms with Crippen molar-refractivity contribution in [1.29, 1.82) is 0 Å². The summed E-state index contributed by atoms with van der Waals surface area (Å²) in [5.41, 5.74) is 0.956. The van der Waals surface area contributed by atoms with Gasteiger partial charge in [-0.15, -0.1) is 0 Å². The zero-order valence-corrected chi connectivity index (χ0v) is 20.9. The molecular formula is C27H35FO5S. The maximum absolute atomic E-state index is 14.6. The second-order valence-electron chi connectivity index (χ2n) is 9.41. The van der Waals surface area contributed by atoms with E-state index in [0.29, 0.717) is 42.6 Å². The summed E-state index contributed by atoms with van der Waals surface area (Å²) in [4.78, 5) is 11.3. The van der Waals surface area contributed by atoms with Crippen LogP contribution in [0.15, 0.2) is 42.5 Å². The molecule has 2 aliphatic carbocycles. The van der Waals surface area contributed by atoms with Crippen LogP contribution in [0.25, 0.3) is 0 Å². The molecule has 4 rings (SSSR count). The fourth-order valence-electron chi connectivity index (χ4n) is 5.17. The summed E-state index contributed by atoms with van der Waals surface area (Å²) >= 11 is 0. The predicted molar refractivity (Wildman–Crippen MR) is 134 cm³/mol. The summed E-state index contributed by atoms with van der Waals surface area (Å²) in [7, 11) is 3.23. The number of carboxylic acids is 1. The Labute approximate surface area is 208 Å². The number of aliphatic carboxylic acids is 1. The molecule has 0 amide bonds. The first kappa shape index (κ1) is 26.4. The third-order valence-corrected chi connectivity index (χ3v) is 7.33. The number of hydrogen-bond donors (Lipinski definition) is 1. The summed E-state index contributed by atoms with van der Waals surface area (Å²) < 4.78 is 31.9. The van der Waals surface area contributed by atoms with Gasteiger partial charge in [-0.3, -0.25) is 4.79 Å². The van der Waals surface area contributed by atoms with Crippen molar-refractivity contribution in [1.82, 2.24) is 0 Å². The fourth-order valence-corrected chi connectivity index (χ4v) is 5.17. The maximum atomic E-state index is 14.6. The lowest BCUT2D eigenvalue weighted by molar-refractivity contribution is -0.137. The van der Waals surface area contributed by atoms with Crippen LogP contribution in [0.3, 0.4) is 0 Å². The average molecular weight is 491 g/mol. The van der Waals surface area contributed by atoms with Gasteiger partial charge < -0.3 is 19.3 Å². The Morgan fingerprint density at radius 2 is 1.82 bits per heavy atom. The fraction of sp³-hybridized carbons (Fsp3) is 0.519. The Bertz CT molecular complexity index is 969. The number of halogens is 1. The topological polar surface area (TPSA) is 65.0 Å². The lowest BCUT2D eigenvalue weighted by atomic mass is 9.75. The van der Waals surface area contributed by atoms with Crippen LogP contribution in [-0.2, 0) is 15.1 Å². The van der Waals surface area contributed by atoms with Crippen molar-refractivity contribution in [3.8, 4) is 11.5 Å². The standard InChI is InChI=1S/C27H33FO5.H2S/c1-31-21-8-9-25(28)24(15-21)27(32-2)12-10-18(11-13-27)17-33-22-5-3-4-20(14-22)23(16-26(29)30)19-6-7-19;/h3-5,8-9,14-15,18-19,23H,6-7,10-13,16-17H2,1-2H3,(H,29,30);1H2/t18?,23-,27?;/m0./s1. The lowest BCUT2D eigenvalue weighted by Gasteiger charge is -2.39. The molecule has 186 valence electrons. The minimum Gasteiger partial charge on any atom is -0.497 e. The van der Waals surface area contributed by atoms with Crippen LogP contribution >= 0.6 is 13.5 Å². The van der Waals surface area contributed by atoms with Gasteiger partial charge >= 0.3 is 5.97 Å². The van der Waals surface area contributed by atoms with E-state index in [2.05, 4.69) is 0 Å². The van der Waals surface area contributed by atoms with Crippen molar-refractivity contribution < 1.29 is 28.5 Å². The molecule has 0 radical (unpaired) electrons. The van der Waals surface area contributed by atoms with Gasteiger partial charge in [0.25, 0.3) is 0 Å². The maximum Gasteiger partial charge on any atom is 0.303 e. The molecule has 0 unspecified atom stereocenters. The number of rotatable bonds is 10. The lowest BCUT2D eigenvalue weighted by Crippen LogP contribution is -2.36. The Morgan fingerprint density at radius 3 is 2.44 bits per heavy atom. The van der Waals surface area contributed by atoms with Gasteiger partial charge in [0.15, 0.2) is 0 Å². The van der Waals surface area contributed by atoms with Crippen LogP contribution in [0, 0.1) is 17.7 Å². The summed E-state index contributed by atoms with van der Waals surface area (Å²) in [6.07, 6.45) is 5.52. The molecule has 5 nitrogen and oxygen atoms in total. The molecule has 0 spiro atoms. The van der Waals surface area contributed by atoms with E-state index in [1.54, 1.807) is 26.4 Å². The van der Waals surface area contributed by atoms with Crippen molar-refractivity contribution in [3.63, 3.8) is 0 Å². The van der Waals surface area contributed by atoms with E-state index in [1.807, 2.05) is 24.3 Å². The smallest absolute Gasteiger partial charge is 0.303 e. The molecule has 1 N–H and O–H groups in total. The zero-order valence-electron chi connectivity index (χ0n) is 19.9. The molecule has 0 bridgehead atoms. The van der Waals surface area contributed by atoms with Crippen LogP contribution < -0.4 is 9.47 Å². The second kappa shape index (κ2) is 11.5. The number of hydrogen-bond acceptors (Lipinski definition) is 4. The molecule has 0 aromatic heterocycles. The molecule has 0 aliphatic heterocycles. The number of benzene rings is 2. The van der Waals surface area contributed by atoms with E-state index in [-0.39, 0.29) is 31.7 Å². The minimum atomic E-state index is -0.755. The molecule has 0 saturated heterocycles. The third kappa shape index (κ3) is 6.05. The average Bonchev–Trinajstić information content (AvgIpc) is 3.67. The summed E-state index contributed by atoms with van der Waals surface area (Å²) in [6, 6.07) is 12.7. The van der Waals surface area contributed by atoms with Crippen molar-refractivity contribution >= 4 is 19.5 Å². The summed E-state index contributed by atoms with van der Waals surface area (Å²) in [6.45, 7) is 0.580. The first-order chi connectivity index (χ1) is 15.9. The normalized spacial score (nSPS) is 23.0. The highest BCUT2D eigenvalue weighted by Crippen LogP contribution is 2.46. The number of ether oxygens (including phenoxy) is 3. The molecule has 2 fully saturated rings. The van der Waals surface area contributed by atoms with Gasteiger partial charge in [0.2, 0.25) is 0 Å². The van der Waals surface area contributed by atoms with Crippen molar-refractivity contribution in [2.45, 2.75) is 56.5 Å². The highest BCUT2D eigenvalue weighted by atomic mass is 32.1. The quantitative estimate of drug-likeness (QED) is 0.441. The van der Waals surface area contributed by atoms with E-state index >= 15 is 0 Å². The van der Waals surface area contributed by atoms with E-state index in [1.165, 1.54) is 6.07 Å². The zero-order chi connectivity index (χ0) is 23.4. The van der Waals surface area contributed by atoms with Gasteiger partial charge in [-0.25, -0.2) is 4.39 Å². The van der Waals surface area contributed by atoms with Gasteiger partial charge in [0, 0.05) is 12.7 Å². The van der Waals surface area contributed by atoms with E-state index < -0.39 is 11.6 Å². The molecule has 7 heteroatoms.